The van der Waals surface area contributed by atoms with Gasteiger partial charge >= 0.3 is 0 Å². The van der Waals surface area contributed by atoms with Crippen LogP contribution < -0.4 is 0 Å². The molecule has 2 aromatic rings. The van der Waals surface area contributed by atoms with E-state index >= 15 is 0 Å². The second kappa shape index (κ2) is 5.03. The van der Waals surface area contributed by atoms with Crippen molar-refractivity contribution in [2.45, 2.75) is 0 Å². The maximum Gasteiger partial charge on any atom is 0.278 e. The smallest absolute Gasteiger partial charge is 0.274 e. The zero-order valence-electron chi connectivity index (χ0n) is 10.5. The van der Waals surface area contributed by atoms with Crippen molar-refractivity contribution in [1.29, 1.82) is 0 Å². The molecule has 0 radical (unpaired) electrons. The molecule has 0 fully saturated rings. The lowest BCUT2D eigenvalue weighted by molar-refractivity contribution is -0.384. The number of fused-ring (bicyclic) bond motifs is 1. The number of hydrogen-bond donors (Lipinski definition) is 0. The lowest BCUT2D eigenvalue weighted by Gasteiger charge is -2.14. The van der Waals surface area contributed by atoms with Crippen molar-refractivity contribution >= 4 is 22.4 Å². The summed E-state index contributed by atoms with van der Waals surface area (Å²) in [5.74, 6) is -0.428. The van der Waals surface area contributed by atoms with Crippen LogP contribution in [-0.4, -0.2) is 30.1 Å². The molecule has 2 rings (SSSR count). The van der Waals surface area contributed by atoms with E-state index in [1.807, 2.05) is 0 Å². The molecule has 19 heavy (non-hydrogen) atoms. The van der Waals surface area contributed by atoms with Gasteiger partial charge < -0.3 is 0 Å². The molecule has 6 nitrogen and oxygen atoms in total. The number of nitro groups is 1. The van der Waals surface area contributed by atoms with Crippen LogP contribution in [0.3, 0.4) is 0 Å². The summed E-state index contributed by atoms with van der Waals surface area (Å²) >= 11 is 0. The van der Waals surface area contributed by atoms with E-state index in [0.717, 1.165) is 5.06 Å². The largest absolute Gasteiger partial charge is 0.278 e. The van der Waals surface area contributed by atoms with Crippen LogP contribution in [0, 0.1) is 10.1 Å². The molecule has 6 heteroatoms. The Balaban J connectivity index is 2.70. The average Bonchev–Trinajstić information content (AvgIpc) is 2.44. The third kappa shape index (κ3) is 2.38. The second-order valence-corrected chi connectivity index (χ2v) is 3.96. The molecular formula is C13H12N2O4. The molecule has 0 unspecified atom stereocenters. The van der Waals surface area contributed by atoms with E-state index in [1.54, 1.807) is 24.3 Å². The summed E-state index contributed by atoms with van der Waals surface area (Å²) in [4.78, 5) is 27.4. The minimum Gasteiger partial charge on any atom is -0.274 e. The maximum absolute atomic E-state index is 12.1. The van der Waals surface area contributed by atoms with Gasteiger partial charge in [0.15, 0.2) is 0 Å². The van der Waals surface area contributed by atoms with Gasteiger partial charge in [0.05, 0.1) is 17.6 Å². The van der Waals surface area contributed by atoms with Gasteiger partial charge in [-0.15, -0.1) is 0 Å². The predicted molar refractivity (Wildman–Crippen MR) is 69.7 cm³/mol. The molecule has 0 N–H and O–H groups in total. The summed E-state index contributed by atoms with van der Waals surface area (Å²) in [7, 11) is 2.81. The van der Waals surface area contributed by atoms with Gasteiger partial charge in [-0.05, 0) is 10.8 Å². The quantitative estimate of drug-likeness (QED) is 0.627. The van der Waals surface area contributed by atoms with Crippen LogP contribution >= 0.6 is 0 Å². The van der Waals surface area contributed by atoms with Crippen molar-refractivity contribution < 1.29 is 14.6 Å². The summed E-state index contributed by atoms with van der Waals surface area (Å²) in [6, 6.07) is 9.72. The summed E-state index contributed by atoms with van der Waals surface area (Å²) in [6.07, 6.45) is 0. The first-order valence-corrected chi connectivity index (χ1v) is 5.54. The summed E-state index contributed by atoms with van der Waals surface area (Å²) < 4.78 is 0. The second-order valence-electron chi connectivity index (χ2n) is 3.96. The molecule has 0 bridgehead atoms. The Bertz CT molecular complexity index is 654. The molecule has 2 aromatic carbocycles. The Labute approximate surface area is 109 Å². The van der Waals surface area contributed by atoms with Crippen LogP contribution in [0.4, 0.5) is 5.69 Å². The Kier molecular flexibility index (Phi) is 3.43. The number of rotatable bonds is 3. The van der Waals surface area contributed by atoms with Crippen molar-refractivity contribution in [3.8, 4) is 0 Å². The average molecular weight is 260 g/mol. The predicted octanol–water partition coefficient (Wildman–Crippen LogP) is 2.38. The fraction of sp³-hybridized carbons (Fsp3) is 0.154. The van der Waals surface area contributed by atoms with Crippen molar-refractivity contribution in [3.63, 3.8) is 0 Å². The Morgan fingerprint density at radius 3 is 2.63 bits per heavy atom. The van der Waals surface area contributed by atoms with Gasteiger partial charge in [-0.3, -0.25) is 19.7 Å². The van der Waals surface area contributed by atoms with Crippen LogP contribution in [0.2, 0.25) is 0 Å². The van der Waals surface area contributed by atoms with Crippen molar-refractivity contribution in [2.75, 3.05) is 14.2 Å². The molecule has 0 aromatic heterocycles. The lowest BCUT2D eigenvalue weighted by atomic mass is 10.0. The van der Waals surface area contributed by atoms with Gasteiger partial charge in [0.25, 0.3) is 11.6 Å². The number of nitrogens with zero attached hydrogens (tertiary/aromatic N) is 2. The Hall–Kier alpha value is -2.47. The number of amides is 1. The molecule has 98 valence electrons. The summed E-state index contributed by atoms with van der Waals surface area (Å²) in [5, 5.41) is 13.2. The van der Waals surface area contributed by atoms with Crippen LogP contribution in [0.5, 0.6) is 0 Å². The number of hydrogen-bond acceptors (Lipinski definition) is 4. The highest BCUT2D eigenvalue weighted by molar-refractivity contribution is 6.07. The van der Waals surface area contributed by atoms with Crippen LogP contribution in [0.15, 0.2) is 36.4 Å². The first kappa shape index (κ1) is 13.0. The highest BCUT2D eigenvalue weighted by Crippen LogP contribution is 2.26. The van der Waals surface area contributed by atoms with E-state index in [0.29, 0.717) is 10.8 Å². The third-order valence-electron chi connectivity index (χ3n) is 2.85. The highest BCUT2D eigenvalue weighted by atomic mass is 16.7. The minimum atomic E-state index is -0.518. The SMILES string of the molecule is CON(C)C(=O)c1cc([N+](=O)[O-])cc2ccccc12. The number of nitro benzene ring substituents is 1. The molecule has 0 saturated carbocycles. The van der Waals surface area contributed by atoms with Crippen LogP contribution in [0.25, 0.3) is 10.8 Å². The van der Waals surface area contributed by atoms with Crippen LogP contribution in [-0.2, 0) is 4.84 Å². The third-order valence-corrected chi connectivity index (χ3v) is 2.85. The zero-order valence-corrected chi connectivity index (χ0v) is 10.5. The number of carbonyl (C=O) groups excluding carboxylic acids is 1. The van der Waals surface area contributed by atoms with E-state index in [9.17, 15) is 14.9 Å². The molecule has 0 spiro atoms. The van der Waals surface area contributed by atoms with Crippen molar-refractivity contribution in [1.82, 2.24) is 5.06 Å². The van der Waals surface area contributed by atoms with E-state index in [2.05, 4.69) is 0 Å². The maximum atomic E-state index is 12.1. The summed E-state index contributed by atoms with van der Waals surface area (Å²) in [6.45, 7) is 0. The number of carbonyl (C=O) groups is 1. The minimum absolute atomic E-state index is 0.119. The molecule has 0 aliphatic heterocycles. The number of hydroxylamine groups is 2. The van der Waals surface area contributed by atoms with Gasteiger partial charge in [-0.2, -0.15) is 0 Å². The van der Waals surface area contributed by atoms with E-state index < -0.39 is 10.8 Å². The van der Waals surface area contributed by atoms with Gasteiger partial charge in [-0.1, -0.05) is 24.3 Å². The Morgan fingerprint density at radius 2 is 2.00 bits per heavy atom. The lowest BCUT2D eigenvalue weighted by Crippen LogP contribution is -2.25. The molecule has 0 aliphatic rings. The topological polar surface area (TPSA) is 72.7 Å². The number of non-ortho nitro benzene ring substituents is 1. The van der Waals surface area contributed by atoms with Crippen molar-refractivity contribution in [2.24, 2.45) is 0 Å². The fourth-order valence-electron chi connectivity index (χ4n) is 1.83. The van der Waals surface area contributed by atoms with Crippen LogP contribution in [0.1, 0.15) is 10.4 Å². The van der Waals surface area contributed by atoms with Gasteiger partial charge in [0.2, 0.25) is 0 Å². The fourth-order valence-corrected chi connectivity index (χ4v) is 1.83. The number of benzene rings is 2. The van der Waals surface area contributed by atoms with Gasteiger partial charge in [0.1, 0.15) is 0 Å². The zero-order chi connectivity index (χ0) is 14.0. The summed E-state index contributed by atoms with van der Waals surface area (Å²) in [5.41, 5.74) is 0.126. The highest BCUT2D eigenvalue weighted by Gasteiger charge is 2.19. The molecule has 0 aliphatic carbocycles. The normalized spacial score (nSPS) is 10.4. The van der Waals surface area contributed by atoms with Crippen molar-refractivity contribution in [3.05, 3.63) is 52.1 Å². The van der Waals surface area contributed by atoms with Gasteiger partial charge in [-0.25, -0.2) is 5.06 Å². The molecule has 0 atom stereocenters. The van der Waals surface area contributed by atoms with E-state index in [4.69, 9.17) is 4.84 Å². The first-order valence-electron chi connectivity index (χ1n) is 5.54. The molecule has 0 saturated heterocycles. The van der Waals surface area contributed by atoms with E-state index in [-0.39, 0.29) is 11.3 Å². The van der Waals surface area contributed by atoms with Gasteiger partial charge in [0, 0.05) is 19.2 Å². The van der Waals surface area contributed by atoms with E-state index in [1.165, 1.54) is 26.3 Å². The Morgan fingerprint density at radius 1 is 1.32 bits per heavy atom. The molecular weight excluding hydrogens is 248 g/mol. The monoisotopic (exact) mass is 260 g/mol. The molecule has 0 heterocycles. The first-order chi connectivity index (χ1) is 9.04. The molecule has 1 amide bonds. The standard InChI is InChI=1S/C13H12N2O4/c1-14(19-2)13(16)12-8-10(15(17)18)7-9-5-3-4-6-11(9)12/h3-8H,1-2H3.